The van der Waals surface area contributed by atoms with E-state index >= 15 is 0 Å². The van der Waals surface area contributed by atoms with E-state index in [1.807, 2.05) is 48.5 Å². The second kappa shape index (κ2) is 15.0. The summed E-state index contributed by atoms with van der Waals surface area (Å²) in [7, 11) is 3.01. The van der Waals surface area contributed by atoms with Crippen molar-refractivity contribution < 1.29 is 19.1 Å². The van der Waals surface area contributed by atoms with E-state index < -0.39 is 0 Å². The molecule has 0 unspecified atom stereocenters. The molecule has 2 aromatic rings. The van der Waals surface area contributed by atoms with Crippen molar-refractivity contribution in [2.24, 2.45) is 57.2 Å². The summed E-state index contributed by atoms with van der Waals surface area (Å²) in [6.45, 7) is 14.9. The largest absolute Gasteiger partial charge is 0.469 e. The highest BCUT2D eigenvalue weighted by Crippen LogP contribution is 2.73. The monoisotopic (exact) mass is 860 g/mol. The molecule has 6 heteroatoms. The quantitative estimate of drug-likeness (QED) is 0.196. The molecule has 0 amide bonds. The molecular formula is C48H62Br2O4. The molecule has 292 valence electrons. The van der Waals surface area contributed by atoms with Crippen molar-refractivity contribution in [3.63, 3.8) is 0 Å². The number of methoxy groups -OCH3 is 2. The van der Waals surface area contributed by atoms with Gasteiger partial charge in [-0.1, -0.05) is 121 Å². The Hall–Kier alpha value is -2.18. The fraction of sp³-hybridized carbons (Fsp3) is 0.625. The predicted molar refractivity (Wildman–Crippen MR) is 225 cm³/mol. The van der Waals surface area contributed by atoms with Crippen LogP contribution in [-0.2, 0) is 19.1 Å². The van der Waals surface area contributed by atoms with Gasteiger partial charge in [0, 0.05) is 8.95 Å². The molecule has 4 saturated carbocycles. The lowest BCUT2D eigenvalue weighted by atomic mass is 9.68. The lowest BCUT2D eigenvalue weighted by molar-refractivity contribution is -0.143. The van der Waals surface area contributed by atoms with E-state index in [0.717, 1.165) is 56.6 Å². The van der Waals surface area contributed by atoms with Crippen LogP contribution < -0.4 is 0 Å². The summed E-state index contributed by atoms with van der Waals surface area (Å²) in [6.07, 6.45) is 17.1. The first-order chi connectivity index (χ1) is 25.6. The number of hydrogen-bond acceptors (Lipinski definition) is 4. The highest BCUT2D eigenvalue weighted by molar-refractivity contribution is 9.10. The van der Waals surface area contributed by atoms with Crippen LogP contribution in [0.4, 0.5) is 0 Å². The van der Waals surface area contributed by atoms with Crippen molar-refractivity contribution in [1.82, 2.24) is 0 Å². The third kappa shape index (κ3) is 6.63. The van der Waals surface area contributed by atoms with Crippen molar-refractivity contribution in [1.29, 1.82) is 0 Å². The average molecular weight is 863 g/mol. The van der Waals surface area contributed by atoms with Crippen LogP contribution in [0.3, 0.4) is 0 Å². The number of hydrogen-bond donors (Lipinski definition) is 0. The Labute approximate surface area is 342 Å². The lowest BCUT2D eigenvalue weighted by Crippen LogP contribution is -2.30. The zero-order valence-electron chi connectivity index (χ0n) is 33.9. The molecule has 2 aromatic carbocycles. The maximum atomic E-state index is 12.6. The number of carbonyl (C=O) groups is 2. The predicted octanol–water partition coefficient (Wildman–Crippen LogP) is 13.0. The lowest BCUT2D eigenvalue weighted by Gasteiger charge is -2.37. The fourth-order valence-electron chi connectivity index (χ4n) is 13.6. The molecule has 4 nitrogen and oxygen atoms in total. The number of fused-ring (bicyclic) bond motifs is 2. The highest BCUT2D eigenvalue weighted by Gasteiger charge is 2.65. The van der Waals surface area contributed by atoms with Gasteiger partial charge in [-0.05, 0) is 157 Å². The van der Waals surface area contributed by atoms with E-state index in [1.165, 1.54) is 76.7 Å². The number of benzene rings is 2. The maximum Gasteiger partial charge on any atom is 0.313 e. The zero-order valence-corrected chi connectivity index (χ0v) is 37.0. The normalized spacial score (nSPS) is 34.7. The summed E-state index contributed by atoms with van der Waals surface area (Å²) in [6, 6.07) is 16.3. The summed E-state index contributed by atoms with van der Waals surface area (Å²) in [4.78, 5) is 25.2. The standard InChI is InChI=1S/2C24H31BrO2/c2*1-15-5-10-21-23(2,3)20-14-24(15,21)12-11-17(20)13-19(22(26)27-4)16-6-8-18(25)9-7-16/h2*6-9,11,15,19-21H,5,10,12-14H2,1-4H3/t2*15-,19-,20+,21+,24+/m11/s1. The molecule has 2 spiro atoms. The molecule has 0 aliphatic heterocycles. The van der Waals surface area contributed by atoms with Gasteiger partial charge in [0.25, 0.3) is 0 Å². The highest BCUT2D eigenvalue weighted by atomic mass is 79.9. The summed E-state index contributed by atoms with van der Waals surface area (Å²) >= 11 is 6.99. The Morgan fingerprint density at radius 3 is 1.31 bits per heavy atom. The van der Waals surface area contributed by atoms with Gasteiger partial charge in [-0.25, -0.2) is 0 Å². The molecule has 0 saturated heterocycles. The van der Waals surface area contributed by atoms with Crippen LogP contribution in [0.25, 0.3) is 0 Å². The van der Waals surface area contributed by atoms with Crippen molar-refractivity contribution in [3.05, 3.63) is 91.9 Å². The molecule has 4 fully saturated rings. The van der Waals surface area contributed by atoms with Crippen LogP contribution in [0, 0.1) is 57.2 Å². The van der Waals surface area contributed by atoms with Crippen LogP contribution in [-0.4, -0.2) is 26.2 Å². The van der Waals surface area contributed by atoms with Gasteiger partial charge in [-0.2, -0.15) is 0 Å². The minimum atomic E-state index is -0.211. The summed E-state index contributed by atoms with van der Waals surface area (Å²) in [5.74, 6) is 3.83. The molecule has 0 aromatic heterocycles. The van der Waals surface area contributed by atoms with Gasteiger partial charge < -0.3 is 9.47 Å². The number of halogens is 2. The number of rotatable bonds is 8. The first-order valence-electron chi connectivity index (χ1n) is 20.6. The molecule has 4 bridgehead atoms. The van der Waals surface area contributed by atoms with Crippen LogP contribution in [0.5, 0.6) is 0 Å². The van der Waals surface area contributed by atoms with E-state index in [1.54, 1.807) is 0 Å². The van der Waals surface area contributed by atoms with Crippen molar-refractivity contribution in [3.8, 4) is 0 Å². The molecule has 0 N–H and O–H groups in total. The Morgan fingerprint density at radius 1 is 0.630 bits per heavy atom. The van der Waals surface area contributed by atoms with E-state index in [4.69, 9.17) is 9.47 Å². The smallest absolute Gasteiger partial charge is 0.313 e. The van der Waals surface area contributed by atoms with Crippen LogP contribution in [0.1, 0.15) is 129 Å². The van der Waals surface area contributed by atoms with Crippen molar-refractivity contribution in [2.75, 3.05) is 14.2 Å². The van der Waals surface area contributed by atoms with Crippen molar-refractivity contribution in [2.45, 2.75) is 118 Å². The number of carbonyl (C=O) groups excluding carboxylic acids is 2. The van der Waals surface area contributed by atoms with E-state index in [2.05, 4.69) is 85.6 Å². The minimum Gasteiger partial charge on any atom is -0.469 e. The third-order valence-electron chi connectivity index (χ3n) is 16.7. The first-order valence-corrected chi connectivity index (χ1v) is 22.2. The molecule has 8 rings (SSSR count). The van der Waals surface area contributed by atoms with E-state index in [9.17, 15) is 9.59 Å². The summed E-state index contributed by atoms with van der Waals surface area (Å²) < 4.78 is 12.4. The molecule has 6 aliphatic rings. The fourth-order valence-corrected chi connectivity index (χ4v) is 14.2. The van der Waals surface area contributed by atoms with E-state index in [-0.39, 0.29) is 23.8 Å². The van der Waals surface area contributed by atoms with Gasteiger partial charge in [-0.3, -0.25) is 9.59 Å². The van der Waals surface area contributed by atoms with Gasteiger partial charge in [0.05, 0.1) is 26.1 Å². The second-order valence-electron chi connectivity index (χ2n) is 19.3. The molecule has 0 heterocycles. The van der Waals surface area contributed by atoms with Crippen molar-refractivity contribution >= 4 is 43.8 Å². The second-order valence-corrected chi connectivity index (χ2v) is 21.1. The average Bonchev–Trinajstić information content (AvgIpc) is 3.77. The van der Waals surface area contributed by atoms with Gasteiger partial charge in [0.2, 0.25) is 0 Å². The topological polar surface area (TPSA) is 52.6 Å². The maximum absolute atomic E-state index is 12.6. The number of allylic oxidation sites excluding steroid dienone is 4. The zero-order chi connectivity index (χ0) is 38.8. The summed E-state index contributed by atoms with van der Waals surface area (Å²) in [5.41, 5.74) is 6.76. The van der Waals surface area contributed by atoms with Crippen LogP contribution in [0.2, 0.25) is 0 Å². The van der Waals surface area contributed by atoms with Crippen LogP contribution in [0.15, 0.2) is 80.8 Å². The SMILES string of the molecule is COC(=O)[C@H](CC1=CC[C@@]23C[C@@H]1C(C)(C)[C@@H]2CC[C@H]3C)c1ccc(Br)cc1.COC(=O)[C@H](CC1=CC[C@@]23C[C@@H]1C(C)(C)[C@@H]2CC[C@H]3C)c1ccc(Br)cc1. The first kappa shape index (κ1) is 40.0. The molecule has 0 radical (unpaired) electrons. The number of ether oxygens (including phenoxy) is 2. The van der Waals surface area contributed by atoms with Crippen LogP contribution >= 0.6 is 31.9 Å². The van der Waals surface area contributed by atoms with Gasteiger partial charge in [-0.15, -0.1) is 0 Å². The Morgan fingerprint density at radius 2 is 0.981 bits per heavy atom. The number of esters is 2. The molecule has 54 heavy (non-hydrogen) atoms. The summed E-state index contributed by atoms with van der Waals surface area (Å²) in [5, 5.41) is 0. The molecular weight excluding hydrogens is 800 g/mol. The molecule has 6 aliphatic carbocycles. The van der Waals surface area contributed by atoms with Gasteiger partial charge in [0.15, 0.2) is 0 Å². The van der Waals surface area contributed by atoms with Gasteiger partial charge in [0.1, 0.15) is 0 Å². The van der Waals surface area contributed by atoms with E-state index in [0.29, 0.717) is 33.5 Å². The Kier molecular flexibility index (Phi) is 11.1. The Balaban J connectivity index is 0.000000167. The third-order valence-corrected chi connectivity index (χ3v) is 17.7. The molecule has 10 atom stereocenters. The Bertz CT molecular complexity index is 1660. The minimum absolute atomic E-state index is 0.122. The van der Waals surface area contributed by atoms with Gasteiger partial charge >= 0.3 is 11.9 Å².